The second-order valence-corrected chi connectivity index (χ2v) is 7.73. The molecular weight excluding hydrogens is 383 g/mol. The van der Waals surface area contributed by atoms with Crippen LogP contribution < -0.4 is 4.31 Å². The van der Waals surface area contributed by atoms with Crippen LogP contribution in [0.15, 0.2) is 78.0 Å². The van der Waals surface area contributed by atoms with E-state index in [0.717, 1.165) is 10.4 Å². The number of carbonyl (C=O) groups is 1. The Morgan fingerprint density at radius 3 is 2.46 bits per heavy atom. The molecule has 1 heterocycles. The number of methoxy groups -OCH3 is 1. The summed E-state index contributed by atoms with van der Waals surface area (Å²) >= 11 is 0. The Hall–Kier alpha value is -3.26. The molecule has 0 unspecified atom stereocenters. The maximum Gasteiger partial charge on any atom is 0.337 e. The van der Waals surface area contributed by atoms with Gasteiger partial charge in [0.15, 0.2) is 0 Å². The van der Waals surface area contributed by atoms with Gasteiger partial charge in [-0.1, -0.05) is 18.2 Å². The van der Waals surface area contributed by atoms with Crippen LogP contribution in [0.25, 0.3) is 0 Å². The maximum absolute atomic E-state index is 13.8. The second kappa shape index (κ2) is 8.18. The molecule has 144 valence electrons. The first-order valence-electron chi connectivity index (χ1n) is 8.27. The van der Waals surface area contributed by atoms with Crippen LogP contribution in [0.2, 0.25) is 0 Å². The molecule has 0 saturated heterocycles. The van der Waals surface area contributed by atoms with E-state index in [1.807, 2.05) is 0 Å². The van der Waals surface area contributed by atoms with Crippen LogP contribution in [0.3, 0.4) is 0 Å². The van der Waals surface area contributed by atoms with Crippen molar-refractivity contribution in [1.29, 1.82) is 0 Å². The van der Waals surface area contributed by atoms with Gasteiger partial charge in [0.05, 0.1) is 24.9 Å². The highest BCUT2D eigenvalue weighted by Crippen LogP contribution is 2.26. The Morgan fingerprint density at radius 1 is 1.11 bits per heavy atom. The molecule has 0 spiro atoms. The van der Waals surface area contributed by atoms with Crippen molar-refractivity contribution in [3.05, 3.63) is 90.0 Å². The van der Waals surface area contributed by atoms with E-state index < -0.39 is 21.8 Å². The third kappa shape index (κ3) is 4.17. The number of anilines is 1. The average Bonchev–Trinajstić information content (AvgIpc) is 2.72. The van der Waals surface area contributed by atoms with Gasteiger partial charge in [0, 0.05) is 12.4 Å². The van der Waals surface area contributed by atoms with Crippen molar-refractivity contribution in [2.24, 2.45) is 0 Å². The zero-order chi connectivity index (χ0) is 20.1. The first-order chi connectivity index (χ1) is 13.4. The minimum absolute atomic E-state index is 0.00885. The standard InChI is InChI=1S/C20H17FN2O4S/c1-27-20(24)16-9-7-15(8-10-16)14-23(18-5-2-4-17(21)12-18)28(25,26)19-6-3-11-22-13-19/h2-13H,14H2,1H3. The third-order valence-corrected chi connectivity index (χ3v) is 5.78. The highest BCUT2D eigenvalue weighted by atomic mass is 32.2. The van der Waals surface area contributed by atoms with Gasteiger partial charge in [0.2, 0.25) is 0 Å². The van der Waals surface area contributed by atoms with Gasteiger partial charge < -0.3 is 4.74 Å². The summed E-state index contributed by atoms with van der Waals surface area (Å²) in [4.78, 5) is 15.4. The van der Waals surface area contributed by atoms with E-state index in [1.54, 1.807) is 24.3 Å². The summed E-state index contributed by atoms with van der Waals surface area (Å²) in [5.74, 6) is -1.04. The Labute approximate surface area is 162 Å². The number of esters is 1. The van der Waals surface area contributed by atoms with E-state index in [-0.39, 0.29) is 17.1 Å². The van der Waals surface area contributed by atoms with Crippen LogP contribution in [0.5, 0.6) is 0 Å². The average molecular weight is 400 g/mol. The summed E-state index contributed by atoms with van der Waals surface area (Å²) < 4.78 is 45.8. The zero-order valence-corrected chi connectivity index (χ0v) is 15.8. The SMILES string of the molecule is COC(=O)c1ccc(CN(c2cccc(F)c2)S(=O)(=O)c2cccnc2)cc1. The Balaban J connectivity index is 2.01. The molecule has 0 aliphatic carbocycles. The monoisotopic (exact) mass is 400 g/mol. The number of nitrogens with zero attached hydrogens (tertiary/aromatic N) is 2. The van der Waals surface area contributed by atoms with Gasteiger partial charge in [-0.25, -0.2) is 17.6 Å². The van der Waals surface area contributed by atoms with E-state index in [4.69, 9.17) is 0 Å². The molecule has 1 aromatic heterocycles. The molecule has 0 aliphatic heterocycles. The quantitative estimate of drug-likeness (QED) is 0.593. The van der Waals surface area contributed by atoms with Crippen molar-refractivity contribution in [3.63, 3.8) is 0 Å². The number of carbonyl (C=O) groups excluding carboxylic acids is 1. The van der Waals surface area contributed by atoms with Crippen molar-refractivity contribution in [3.8, 4) is 0 Å². The largest absolute Gasteiger partial charge is 0.465 e. The molecule has 0 fully saturated rings. The predicted octanol–water partition coefficient (Wildman–Crippen LogP) is 3.40. The Morgan fingerprint density at radius 2 is 1.86 bits per heavy atom. The van der Waals surface area contributed by atoms with Gasteiger partial charge in [0.25, 0.3) is 10.0 Å². The molecule has 0 saturated carbocycles. The van der Waals surface area contributed by atoms with Gasteiger partial charge in [-0.15, -0.1) is 0 Å². The number of pyridine rings is 1. The number of hydrogen-bond acceptors (Lipinski definition) is 5. The number of benzene rings is 2. The normalized spacial score (nSPS) is 11.1. The Kier molecular flexibility index (Phi) is 5.70. The molecular formula is C20H17FN2O4S. The predicted molar refractivity (Wildman–Crippen MR) is 102 cm³/mol. The lowest BCUT2D eigenvalue weighted by molar-refractivity contribution is 0.0600. The molecule has 6 nitrogen and oxygen atoms in total. The summed E-state index contributed by atoms with van der Waals surface area (Å²) in [5.41, 5.74) is 1.14. The van der Waals surface area contributed by atoms with Gasteiger partial charge in [-0.2, -0.15) is 0 Å². The first-order valence-corrected chi connectivity index (χ1v) is 9.71. The fourth-order valence-corrected chi connectivity index (χ4v) is 4.01. The van der Waals surface area contributed by atoms with Crippen molar-refractivity contribution in [2.75, 3.05) is 11.4 Å². The zero-order valence-electron chi connectivity index (χ0n) is 14.9. The van der Waals surface area contributed by atoms with Gasteiger partial charge in [-0.05, 0) is 48.0 Å². The molecule has 3 aromatic rings. The van der Waals surface area contributed by atoms with Crippen LogP contribution in [0.4, 0.5) is 10.1 Å². The van der Waals surface area contributed by atoms with Crippen molar-refractivity contribution >= 4 is 21.7 Å². The summed E-state index contributed by atoms with van der Waals surface area (Å²) in [7, 11) is -2.71. The molecule has 2 aromatic carbocycles. The van der Waals surface area contributed by atoms with Crippen LogP contribution >= 0.6 is 0 Å². The summed E-state index contributed by atoms with van der Waals surface area (Å²) in [6.45, 7) is -0.0534. The van der Waals surface area contributed by atoms with Crippen molar-refractivity contribution in [2.45, 2.75) is 11.4 Å². The van der Waals surface area contributed by atoms with E-state index >= 15 is 0 Å². The fraction of sp³-hybridized carbons (Fsp3) is 0.100. The molecule has 0 N–H and O–H groups in total. The van der Waals surface area contributed by atoms with Gasteiger partial charge >= 0.3 is 5.97 Å². The van der Waals surface area contributed by atoms with E-state index in [9.17, 15) is 17.6 Å². The van der Waals surface area contributed by atoms with E-state index in [1.165, 1.54) is 49.8 Å². The Bertz CT molecular complexity index is 1070. The lowest BCUT2D eigenvalue weighted by atomic mass is 10.1. The lowest BCUT2D eigenvalue weighted by Gasteiger charge is -2.24. The number of halogens is 1. The van der Waals surface area contributed by atoms with E-state index in [0.29, 0.717) is 11.1 Å². The lowest BCUT2D eigenvalue weighted by Crippen LogP contribution is -2.30. The van der Waals surface area contributed by atoms with Crippen LogP contribution in [0, 0.1) is 5.82 Å². The molecule has 0 radical (unpaired) electrons. The molecule has 0 aliphatic rings. The molecule has 0 atom stereocenters. The highest BCUT2D eigenvalue weighted by molar-refractivity contribution is 7.92. The van der Waals surface area contributed by atoms with Crippen LogP contribution in [-0.4, -0.2) is 26.5 Å². The molecule has 28 heavy (non-hydrogen) atoms. The molecule has 8 heteroatoms. The maximum atomic E-state index is 13.8. The molecule has 0 amide bonds. The summed E-state index contributed by atoms with van der Waals surface area (Å²) in [5, 5.41) is 0. The summed E-state index contributed by atoms with van der Waals surface area (Å²) in [6, 6.07) is 14.6. The number of hydrogen-bond donors (Lipinski definition) is 0. The third-order valence-electron chi connectivity index (χ3n) is 4.02. The van der Waals surface area contributed by atoms with E-state index in [2.05, 4.69) is 9.72 Å². The number of sulfonamides is 1. The number of aromatic nitrogens is 1. The molecule has 3 rings (SSSR count). The minimum atomic E-state index is -3.99. The second-order valence-electron chi connectivity index (χ2n) is 5.87. The van der Waals surface area contributed by atoms with Gasteiger partial charge in [0.1, 0.15) is 10.7 Å². The fourth-order valence-electron chi connectivity index (χ4n) is 2.60. The topological polar surface area (TPSA) is 76.6 Å². The van der Waals surface area contributed by atoms with Crippen molar-refractivity contribution < 1.29 is 22.3 Å². The first kappa shape index (κ1) is 19.5. The number of rotatable bonds is 6. The molecule has 0 bridgehead atoms. The highest BCUT2D eigenvalue weighted by Gasteiger charge is 2.26. The number of ether oxygens (including phenoxy) is 1. The van der Waals surface area contributed by atoms with Gasteiger partial charge in [-0.3, -0.25) is 9.29 Å². The smallest absolute Gasteiger partial charge is 0.337 e. The van der Waals surface area contributed by atoms with Crippen LogP contribution in [-0.2, 0) is 21.3 Å². The van der Waals surface area contributed by atoms with Crippen LogP contribution in [0.1, 0.15) is 15.9 Å². The summed E-state index contributed by atoms with van der Waals surface area (Å²) in [6.07, 6.45) is 2.71. The van der Waals surface area contributed by atoms with Crippen molar-refractivity contribution in [1.82, 2.24) is 4.98 Å². The minimum Gasteiger partial charge on any atom is -0.465 e.